The number of ether oxygens (including phenoxy) is 2. The van der Waals surface area contributed by atoms with Gasteiger partial charge >= 0.3 is 24.6 Å². The number of tetrazole rings is 1. The molecule has 1 saturated heterocycles. The van der Waals surface area contributed by atoms with Crippen molar-refractivity contribution in [2.75, 3.05) is 25.1 Å². The first-order chi connectivity index (χ1) is 22.5. The smallest absolute Gasteiger partial charge is 0.416 e. The average molecular weight is 711 g/mol. The van der Waals surface area contributed by atoms with Crippen molar-refractivity contribution in [3.05, 3.63) is 69.8 Å². The molecular weight excluding hydrogens is 675 g/mol. The molecule has 270 valence electrons. The summed E-state index contributed by atoms with van der Waals surface area (Å²) in [5.74, 6) is -0.531. The van der Waals surface area contributed by atoms with E-state index in [4.69, 9.17) is 9.47 Å². The molecule has 1 fully saturated rings. The lowest BCUT2D eigenvalue weighted by Crippen LogP contribution is -2.42. The molecular formula is C31H35F9N6O3. The molecule has 4 rings (SSSR count). The summed E-state index contributed by atoms with van der Waals surface area (Å²) in [6.07, 6.45) is -15.5. The predicted octanol–water partition coefficient (Wildman–Crippen LogP) is 7.81. The Morgan fingerprint density at radius 2 is 1.45 bits per heavy atom. The number of aromatic nitrogens is 4. The summed E-state index contributed by atoms with van der Waals surface area (Å²) >= 11 is 0. The number of amides is 1. The Morgan fingerprint density at radius 1 is 0.878 bits per heavy atom. The lowest BCUT2D eigenvalue weighted by atomic mass is 9.85. The Morgan fingerprint density at radius 3 is 1.92 bits per heavy atom. The van der Waals surface area contributed by atoms with Gasteiger partial charge in [-0.1, -0.05) is 11.2 Å². The molecule has 2 heterocycles. The van der Waals surface area contributed by atoms with Crippen LogP contribution in [0.2, 0.25) is 0 Å². The summed E-state index contributed by atoms with van der Waals surface area (Å²) in [6, 6.07) is 4.00. The van der Waals surface area contributed by atoms with Crippen LogP contribution in [0, 0.1) is 5.92 Å². The van der Waals surface area contributed by atoms with Crippen LogP contribution < -0.4 is 4.90 Å². The molecule has 0 radical (unpaired) electrons. The van der Waals surface area contributed by atoms with E-state index < -0.39 is 71.7 Å². The van der Waals surface area contributed by atoms with E-state index in [9.17, 15) is 44.3 Å². The number of carbonyl (C=O) groups excluding carboxylic acids is 1. The predicted molar refractivity (Wildman–Crippen MR) is 157 cm³/mol. The maximum absolute atomic E-state index is 14.0. The molecule has 3 aromatic rings. The van der Waals surface area contributed by atoms with Gasteiger partial charge in [-0.25, -0.2) is 4.79 Å². The number of benzene rings is 2. The summed E-state index contributed by atoms with van der Waals surface area (Å²) < 4.78 is 135. The summed E-state index contributed by atoms with van der Waals surface area (Å²) in [5, 5.41) is 11.6. The van der Waals surface area contributed by atoms with Gasteiger partial charge in [0.25, 0.3) is 5.95 Å². The standard InChI is InChI=1S/C31H35F9N6O3/c1-28(2,3)49-27(47)45-10-8-19(9-11-45)25(48-5)24-7-6-21(29(32,33)34)14-20(24)17-46(26-41-43-44(4)42-26)16-18-12-22(30(35,36)37)15-23(13-18)31(38,39)40/h6-7,12-15,19,25H,8-11,16-17H2,1-5H3. The van der Waals surface area contributed by atoms with E-state index in [1.54, 1.807) is 20.8 Å². The minimum Gasteiger partial charge on any atom is -0.444 e. The summed E-state index contributed by atoms with van der Waals surface area (Å²) in [4.78, 5) is 16.2. The van der Waals surface area contributed by atoms with Crippen LogP contribution in [0.3, 0.4) is 0 Å². The molecule has 1 aliphatic heterocycles. The number of carbonyl (C=O) groups is 1. The van der Waals surface area contributed by atoms with E-state index >= 15 is 0 Å². The summed E-state index contributed by atoms with van der Waals surface area (Å²) in [5.41, 5.74) is -4.98. The van der Waals surface area contributed by atoms with Gasteiger partial charge in [0, 0.05) is 33.3 Å². The molecule has 0 bridgehead atoms. The van der Waals surface area contributed by atoms with Gasteiger partial charge in [0.1, 0.15) is 5.60 Å². The molecule has 18 heteroatoms. The quantitative estimate of drug-likeness (QED) is 0.221. The van der Waals surface area contributed by atoms with Crippen molar-refractivity contribution in [2.45, 2.75) is 76.9 Å². The third kappa shape index (κ3) is 9.76. The molecule has 1 atom stereocenters. The third-order valence-electron chi connectivity index (χ3n) is 7.81. The first-order valence-electron chi connectivity index (χ1n) is 15.0. The Labute approximate surface area is 275 Å². The van der Waals surface area contributed by atoms with Gasteiger partial charge < -0.3 is 19.3 Å². The highest BCUT2D eigenvalue weighted by molar-refractivity contribution is 5.68. The van der Waals surface area contributed by atoms with Crippen molar-refractivity contribution in [1.29, 1.82) is 0 Å². The second kappa shape index (κ2) is 14.0. The maximum Gasteiger partial charge on any atom is 0.416 e. The molecule has 0 spiro atoms. The van der Waals surface area contributed by atoms with Gasteiger partial charge in [-0.2, -0.15) is 44.3 Å². The average Bonchev–Trinajstić information content (AvgIpc) is 3.42. The molecule has 49 heavy (non-hydrogen) atoms. The van der Waals surface area contributed by atoms with Crippen molar-refractivity contribution in [3.8, 4) is 0 Å². The summed E-state index contributed by atoms with van der Waals surface area (Å²) in [6.45, 7) is 4.62. The van der Waals surface area contributed by atoms with Crippen LogP contribution in [0.4, 0.5) is 50.3 Å². The minimum absolute atomic E-state index is 0.0172. The highest BCUT2D eigenvalue weighted by Gasteiger charge is 2.38. The van der Waals surface area contributed by atoms with Crippen LogP contribution in [0.1, 0.15) is 73.1 Å². The van der Waals surface area contributed by atoms with Crippen LogP contribution in [-0.4, -0.2) is 57.0 Å². The first kappa shape index (κ1) is 37.7. The van der Waals surface area contributed by atoms with E-state index in [0.29, 0.717) is 30.5 Å². The molecule has 9 nitrogen and oxygen atoms in total. The molecule has 0 N–H and O–H groups in total. The number of aryl methyl sites for hydroxylation is 1. The Bertz CT molecular complexity index is 1580. The number of alkyl halides is 9. The molecule has 1 aromatic heterocycles. The number of piperidine rings is 1. The number of halogens is 9. The molecule has 0 saturated carbocycles. The highest BCUT2D eigenvalue weighted by atomic mass is 19.4. The van der Waals surface area contributed by atoms with Gasteiger partial charge in [0.05, 0.1) is 29.8 Å². The SMILES string of the molecule is COC(c1ccc(C(F)(F)F)cc1CN(Cc1cc(C(F)(F)F)cc(C(F)(F)F)c1)c1nnn(C)n1)C1CCN(C(=O)OC(C)(C)C)CC1. The number of rotatable bonds is 8. The second-order valence-electron chi connectivity index (χ2n) is 12.7. The van der Waals surface area contributed by atoms with E-state index in [1.165, 1.54) is 25.1 Å². The normalized spacial score (nSPS) is 15.8. The van der Waals surface area contributed by atoms with Crippen LogP contribution >= 0.6 is 0 Å². The third-order valence-corrected chi connectivity index (χ3v) is 7.81. The topological polar surface area (TPSA) is 85.6 Å². The second-order valence-corrected chi connectivity index (χ2v) is 12.7. The van der Waals surface area contributed by atoms with Crippen molar-refractivity contribution in [3.63, 3.8) is 0 Å². The number of hydrogen-bond donors (Lipinski definition) is 0. The fourth-order valence-corrected chi connectivity index (χ4v) is 5.62. The lowest BCUT2D eigenvalue weighted by Gasteiger charge is -2.37. The van der Waals surface area contributed by atoms with Crippen LogP contribution in [0.5, 0.6) is 0 Å². The molecule has 2 aromatic carbocycles. The zero-order valence-corrected chi connectivity index (χ0v) is 27.2. The zero-order chi connectivity index (χ0) is 36.5. The monoisotopic (exact) mass is 710 g/mol. The van der Waals surface area contributed by atoms with Gasteiger partial charge in [-0.05, 0) is 91.8 Å². The van der Waals surface area contributed by atoms with E-state index in [1.807, 2.05) is 0 Å². The van der Waals surface area contributed by atoms with Crippen molar-refractivity contribution in [2.24, 2.45) is 13.0 Å². The molecule has 1 amide bonds. The van der Waals surface area contributed by atoms with Crippen molar-refractivity contribution < 1.29 is 53.8 Å². The summed E-state index contributed by atoms with van der Waals surface area (Å²) in [7, 11) is 2.73. The van der Waals surface area contributed by atoms with Gasteiger partial charge in [0.2, 0.25) is 0 Å². The Balaban J connectivity index is 1.73. The Hall–Kier alpha value is -4.09. The number of methoxy groups -OCH3 is 1. The highest BCUT2D eigenvalue weighted by Crippen LogP contribution is 2.40. The molecule has 1 unspecified atom stereocenters. The number of likely N-dealkylation sites (tertiary alicyclic amines) is 1. The Kier molecular flexibility index (Phi) is 10.8. The van der Waals surface area contributed by atoms with Crippen LogP contribution in [-0.2, 0) is 48.1 Å². The van der Waals surface area contributed by atoms with E-state index in [0.717, 1.165) is 21.8 Å². The number of nitrogens with zero attached hydrogens (tertiary/aromatic N) is 6. The van der Waals surface area contributed by atoms with Crippen molar-refractivity contribution in [1.82, 2.24) is 25.1 Å². The van der Waals surface area contributed by atoms with E-state index in [-0.39, 0.29) is 36.6 Å². The van der Waals surface area contributed by atoms with E-state index in [2.05, 4.69) is 15.4 Å². The molecule has 0 aliphatic carbocycles. The van der Waals surface area contributed by atoms with Crippen LogP contribution in [0.25, 0.3) is 0 Å². The molecule has 1 aliphatic rings. The number of anilines is 1. The fraction of sp³-hybridized carbons (Fsp3) is 0.548. The van der Waals surface area contributed by atoms with Crippen LogP contribution in [0.15, 0.2) is 36.4 Å². The van der Waals surface area contributed by atoms with Crippen molar-refractivity contribution >= 4 is 12.0 Å². The fourth-order valence-electron chi connectivity index (χ4n) is 5.62. The van der Waals surface area contributed by atoms with Gasteiger partial charge in [-0.3, -0.25) is 0 Å². The zero-order valence-electron chi connectivity index (χ0n) is 27.2. The largest absolute Gasteiger partial charge is 0.444 e. The minimum atomic E-state index is -5.12. The first-order valence-corrected chi connectivity index (χ1v) is 15.0. The lowest BCUT2D eigenvalue weighted by molar-refractivity contribution is -0.143. The van der Waals surface area contributed by atoms with Gasteiger partial charge in [-0.15, -0.1) is 5.10 Å². The number of hydrogen-bond acceptors (Lipinski definition) is 7. The van der Waals surface area contributed by atoms with Gasteiger partial charge in [0.15, 0.2) is 0 Å². The maximum atomic E-state index is 14.0.